The number of benzene rings is 2. The van der Waals surface area contributed by atoms with Crippen LogP contribution in [-0.4, -0.2) is 19.2 Å². The highest BCUT2D eigenvalue weighted by molar-refractivity contribution is 7.11. The second-order valence-electron chi connectivity index (χ2n) is 5.89. The number of hydrogen-bond donors (Lipinski definition) is 1. The van der Waals surface area contributed by atoms with Gasteiger partial charge < -0.3 is 14.8 Å². The molecule has 0 unspecified atom stereocenters. The molecule has 0 aliphatic carbocycles. The second-order valence-corrected chi connectivity index (χ2v) is 7.15. The number of ether oxygens (including phenoxy) is 2. The lowest BCUT2D eigenvalue weighted by Gasteiger charge is -2.08. The van der Waals surface area contributed by atoms with Crippen LogP contribution in [0.3, 0.4) is 0 Å². The van der Waals surface area contributed by atoms with Gasteiger partial charge in [0.05, 0.1) is 19.9 Å². The third-order valence-corrected chi connectivity index (χ3v) is 5.37. The summed E-state index contributed by atoms with van der Waals surface area (Å²) in [6, 6.07) is 13.4. The van der Waals surface area contributed by atoms with Gasteiger partial charge in [0.15, 0.2) is 11.5 Å². The quantitative estimate of drug-likeness (QED) is 0.522. The van der Waals surface area contributed by atoms with Crippen molar-refractivity contribution >= 4 is 34.2 Å². The summed E-state index contributed by atoms with van der Waals surface area (Å²) in [6.07, 6.45) is 1.64. The zero-order chi connectivity index (χ0) is 20.1. The van der Waals surface area contributed by atoms with Crippen molar-refractivity contribution in [2.24, 2.45) is 0 Å². The van der Waals surface area contributed by atoms with Gasteiger partial charge in [-0.3, -0.25) is 0 Å². The van der Waals surface area contributed by atoms with E-state index in [9.17, 15) is 5.26 Å². The summed E-state index contributed by atoms with van der Waals surface area (Å²) >= 11 is 7.54. The van der Waals surface area contributed by atoms with Gasteiger partial charge in [0.1, 0.15) is 16.6 Å². The van der Waals surface area contributed by atoms with Crippen LogP contribution in [0.25, 0.3) is 16.8 Å². The number of nitrogens with one attached hydrogen (secondary N) is 1. The molecule has 3 aromatic rings. The van der Waals surface area contributed by atoms with Crippen molar-refractivity contribution < 1.29 is 9.47 Å². The minimum absolute atomic E-state index is 0.438. The summed E-state index contributed by atoms with van der Waals surface area (Å²) in [5, 5.41) is 15.8. The van der Waals surface area contributed by atoms with Gasteiger partial charge in [0, 0.05) is 27.9 Å². The first-order valence-corrected chi connectivity index (χ1v) is 9.62. The Hall–Kier alpha value is -3.01. The van der Waals surface area contributed by atoms with Gasteiger partial charge >= 0.3 is 0 Å². The van der Waals surface area contributed by atoms with Crippen molar-refractivity contribution in [3.63, 3.8) is 0 Å². The molecule has 28 heavy (non-hydrogen) atoms. The second kappa shape index (κ2) is 8.79. The van der Waals surface area contributed by atoms with Crippen LogP contribution >= 0.6 is 22.9 Å². The van der Waals surface area contributed by atoms with Crippen molar-refractivity contribution in [2.45, 2.75) is 6.92 Å². The highest BCUT2D eigenvalue weighted by atomic mass is 35.5. The number of nitrogens with zero attached hydrogens (tertiary/aromatic N) is 2. The Bertz CT molecular complexity index is 1070. The minimum atomic E-state index is 0.438. The molecule has 0 amide bonds. The molecule has 0 spiro atoms. The van der Waals surface area contributed by atoms with E-state index in [1.165, 1.54) is 11.3 Å². The fraction of sp³-hybridized carbons (Fsp3) is 0.143. The van der Waals surface area contributed by atoms with Crippen LogP contribution in [0, 0.1) is 18.3 Å². The van der Waals surface area contributed by atoms with E-state index in [1.807, 2.05) is 48.7 Å². The number of rotatable bonds is 6. The molecule has 142 valence electrons. The fourth-order valence-electron chi connectivity index (χ4n) is 2.51. The highest BCUT2D eigenvalue weighted by Gasteiger charge is 2.12. The molecule has 2 aromatic carbocycles. The Morgan fingerprint density at radius 1 is 1.18 bits per heavy atom. The molecule has 0 radical (unpaired) electrons. The summed E-state index contributed by atoms with van der Waals surface area (Å²) in [7, 11) is 3.18. The molecule has 0 atom stereocenters. The Labute approximate surface area is 172 Å². The minimum Gasteiger partial charge on any atom is -0.493 e. The standard InChI is InChI=1S/C21H18ClN3O2S/c1-13-4-6-16(9-17(13)22)24-11-15(10-23)21-25-18(12-28-21)14-5-7-19(26-2)20(8-14)27-3/h4-9,11-12,24H,1-3H3. The predicted molar refractivity (Wildman–Crippen MR) is 114 cm³/mol. The Balaban J connectivity index is 1.85. The average molecular weight is 412 g/mol. The van der Waals surface area contributed by atoms with E-state index in [0.29, 0.717) is 27.1 Å². The monoisotopic (exact) mass is 411 g/mol. The number of aromatic nitrogens is 1. The number of methoxy groups -OCH3 is 2. The zero-order valence-electron chi connectivity index (χ0n) is 15.6. The highest BCUT2D eigenvalue weighted by Crippen LogP contribution is 2.33. The largest absolute Gasteiger partial charge is 0.493 e. The van der Waals surface area contributed by atoms with E-state index in [-0.39, 0.29) is 0 Å². The van der Waals surface area contributed by atoms with Gasteiger partial charge in [0.2, 0.25) is 0 Å². The van der Waals surface area contributed by atoms with Crippen molar-refractivity contribution in [3.8, 4) is 28.8 Å². The first-order chi connectivity index (χ1) is 13.5. The van der Waals surface area contributed by atoms with Crippen LogP contribution in [0.5, 0.6) is 11.5 Å². The maximum atomic E-state index is 9.53. The van der Waals surface area contributed by atoms with E-state index in [0.717, 1.165) is 22.5 Å². The Morgan fingerprint density at radius 2 is 1.96 bits per heavy atom. The van der Waals surface area contributed by atoms with Crippen LogP contribution in [0.2, 0.25) is 5.02 Å². The van der Waals surface area contributed by atoms with E-state index in [1.54, 1.807) is 20.4 Å². The van der Waals surface area contributed by atoms with E-state index < -0.39 is 0 Å². The van der Waals surface area contributed by atoms with Crippen LogP contribution in [0.15, 0.2) is 48.0 Å². The number of halogens is 1. The van der Waals surface area contributed by atoms with Crippen molar-refractivity contribution in [2.75, 3.05) is 19.5 Å². The summed E-state index contributed by atoms with van der Waals surface area (Å²) in [5.41, 5.74) is 3.89. The maximum absolute atomic E-state index is 9.53. The van der Waals surface area contributed by atoms with Crippen molar-refractivity contribution in [1.82, 2.24) is 4.98 Å². The smallest absolute Gasteiger partial charge is 0.161 e. The molecule has 3 rings (SSSR count). The number of anilines is 1. The first-order valence-electron chi connectivity index (χ1n) is 8.37. The van der Waals surface area contributed by atoms with E-state index in [4.69, 9.17) is 21.1 Å². The van der Waals surface area contributed by atoms with Crippen LogP contribution in [0.1, 0.15) is 10.6 Å². The number of allylic oxidation sites excluding steroid dienone is 1. The van der Waals surface area contributed by atoms with Crippen LogP contribution < -0.4 is 14.8 Å². The fourth-order valence-corrected chi connectivity index (χ4v) is 3.48. The molecule has 0 saturated heterocycles. The number of hydrogen-bond acceptors (Lipinski definition) is 6. The third-order valence-electron chi connectivity index (χ3n) is 4.09. The first kappa shape index (κ1) is 19.7. The predicted octanol–water partition coefficient (Wildman–Crippen LogP) is 5.77. The zero-order valence-corrected chi connectivity index (χ0v) is 17.2. The lowest BCUT2D eigenvalue weighted by Crippen LogP contribution is -1.92. The molecule has 0 bridgehead atoms. The van der Waals surface area contributed by atoms with Gasteiger partial charge in [-0.1, -0.05) is 17.7 Å². The molecule has 0 aliphatic rings. The normalized spacial score (nSPS) is 11.0. The molecule has 0 aliphatic heterocycles. The average Bonchev–Trinajstić information content (AvgIpc) is 3.20. The Morgan fingerprint density at radius 3 is 2.64 bits per heavy atom. The van der Waals surface area contributed by atoms with Gasteiger partial charge in [-0.15, -0.1) is 11.3 Å². The van der Waals surface area contributed by atoms with E-state index >= 15 is 0 Å². The number of aryl methyl sites for hydroxylation is 1. The van der Waals surface area contributed by atoms with Crippen LogP contribution in [0.4, 0.5) is 5.69 Å². The SMILES string of the molecule is COc1ccc(-c2csc(C(C#N)=CNc3ccc(C)c(Cl)c3)n2)cc1OC. The molecular weight excluding hydrogens is 394 g/mol. The van der Waals surface area contributed by atoms with E-state index in [2.05, 4.69) is 16.4 Å². The number of thiazole rings is 1. The maximum Gasteiger partial charge on any atom is 0.161 e. The van der Waals surface area contributed by atoms with Gasteiger partial charge in [-0.05, 0) is 42.8 Å². The Kier molecular flexibility index (Phi) is 6.19. The number of nitriles is 1. The lowest BCUT2D eigenvalue weighted by atomic mass is 10.1. The van der Waals surface area contributed by atoms with Gasteiger partial charge in [0.25, 0.3) is 0 Å². The third kappa shape index (κ3) is 4.28. The molecule has 0 fully saturated rings. The molecule has 1 heterocycles. The molecule has 1 aromatic heterocycles. The summed E-state index contributed by atoms with van der Waals surface area (Å²) in [4.78, 5) is 4.59. The van der Waals surface area contributed by atoms with Gasteiger partial charge in [-0.25, -0.2) is 4.98 Å². The lowest BCUT2D eigenvalue weighted by molar-refractivity contribution is 0.355. The van der Waals surface area contributed by atoms with Crippen molar-refractivity contribution in [1.29, 1.82) is 5.26 Å². The molecular formula is C21H18ClN3O2S. The molecule has 7 heteroatoms. The summed E-state index contributed by atoms with van der Waals surface area (Å²) < 4.78 is 10.6. The van der Waals surface area contributed by atoms with Crippen molar-refractivity contribution in [3.05, 3.63) is 63.6 Å². The summed E-state index contributed by atoms with van der Waals surface area (Å²) in [5.74, 6) is 1.28. The molecule has 0 saturated carbocycles. The van der Waals surface area contributed by atoms with Gasteiger partial charge in [-0.2, -0.15) is 5.26 Å². The summed E-state index contributed by atoms with van der Waals surface area (Å²) in [6.45, 7) is 1.94. The topological polar surface area (TPSA) is 67.2 Å². The molecule has 1 N–H and O–H groups in total. The van der Waals surface area contributed by atoms with Crippen LogP contribution in [-0.2, 0) is 0 Å². The molecule has 5 nitrogen and oxygen atoms in total.